The van der Waals surface area contributed by atoms with Crippen LogP contribution in [0.4, 0.5) is 5.82 Å². The highest BCUT2D eigenvalue weighted by Crippen LogP contribution is 2.28. The molecule has 1 N–H and O–H groups in total. The second kappa shape index (κ2) is 5.91. The van der Waals surface area contributed by atoms with E-state index in [1.807, 2.05) is 12.1 Å². The quantitative estimate of drug-likeness (QED) is 0.944. The van der Waals surface area contributed by atoms with Crippen LogP contribution in [0.3, 0.4) is 0 Å². The molecule has 1 unspecified atom stereocenters. The molecule has 0 aliphatic carbocycles. The van der Waals surface area contributed by atoms with Gasteiger partial charge in [-0.3, -0.25) is 4.79 Å². The fraction of sp³-hybridized carbons (Fsp3) is 0.471. The van der Waals surface area contributed by atoms with Crippen molar-refractivity contribution in [1.82, 2.24) is 15.3 Å². The van der Waals surface area contributed by atoms with Crippen molar-refractivity contribution in [3.05, 3.63) is 30.1 Å². The van der Waals surface area contributed by atoms with Gasteiger partial charge in [-0.15, -0.1) is 0 Å². The maximum atomic E-state index is 12.3. The number of piperazine rings is 1. The Morgan fingerprint density at radius 1 is 1.36 bits per heavy atom. The summed E-state index contributed by atoms with van der Waals surface area (Å²) >= 11 is 0. The van der Waals surface area contributed by atoms with Crippen LogP contribution in [0, 0.1) is 12.8 Å². The minimum atomic E-state index is -0.160. The molecule has 1 fully saturated rings. The molecule has 2 aromatic rings. The molecular formula is C17H22N4O. The smallest absolute Gasteiger partial charge is 0.242 e. The number of carbonyl (C=O) groups is 1. The molecule has 1 aromatic carbocycles. The van der Waals surface area contributed by atoms with Crippen LogP contribution in [0.15, 0.2) is 24.5 Å². The van der Waals surface area contributed by atoms with Gasteiger partial charge in [-0.05, 0) is 31.4 Å². The van der Waals surface area contributed by atoms with Gasteiger partial charge < -0.3 is 10.2 Å². The molecule has 116 valence electrons. The SMILES string of the molecule is Cc1ccc2ncnc(N3CCNC(=O)C3CC(C)C)c2c1. The highest BCUT2D eigenvalue weighted by Gasteiger charge is 2.31. The average Bonchev–Trinajstić information content (AvgIpc) is 2.48. The van der Waals surface area contributed by atoms with Gasteiger partial charge in [-0.25, -0.2) is 9.97 Å². The van der Waals surface area contributed by atoms with Crippen molar-refractivity contribution in [2.45, 2.75) is 33.2 Å². The summed E-state index contributed by atoms with van der Waals surface area (Å²) in [6, 6.07) is 6.00. The van der Waals surface area contributed by atoms with Crippen LogP contribution in [0.1, 0.15) is 25.8 Å². The lowest BCUT2D eigenvalue weighted by Gasteiger charge is -2.37. The third kappa shape index (κ3) is 2.75. The summed E-state index contributed by atoms with van der Waals surface area (Å²) in [5.74, 6) is 1.42. The van der Waals surface area contributed by atoms with Crippen LogP contribution in [0.25, 0.3) is 10.9 Å². The Bertz CT molecular complexity index is 698. The Morgan fingerprint density at radius 2 is 2.18 bits per heavy atom. The second-order valence-electron chi connectivity index (χ2n) is 6.35. The van der Waals surface area contributed by atoms with Crippen molar-refractivity contribution < 1.29 is 4.79 Å². The summed E-state index contributed by atoms with van der Waals surface area (Å²) in [4.78, 5) is 23.3. The zero-order valence-electron chi connectivity index (χ0n) is 13.3. The van der Waals surface area contributed by atoms with Crippen molar-refractivity contribution in [2.24, 2.45) is 5.92 Å². The van der Waals surface area contributed by atoms with E-state index in [1.54, 1.807) is 6.33 Å². The summed E-state index contributed by atoms with van der Waals surface area (Å²) < 4.78 is 0. The number of anilines is 1. The molecular weight excluding hydrogens is 276 g/mol. The lowest BCUT2D eigenvalue weighted by molar-refractivity contribution is -0.123. The van der Waals surface area contributed by atoms with Gasteiger partial charge in [0.1, 0.15) is 18.2 Å². The number of nitrogens with zero attached hydrogens (tertiary/aromatic N) is 3. The summed E-state index contributed by atoms with van der Waals surface area (Å²) in [7, 11) is 0. The standard InChI is InChI=1S/C17H22N4O/c1-11(2)8-15-17(22)18-6-7-21(15)16-13-9-12(3)4-5-14(13)19-10-20-16/h4-5,9-11,15H,6-8H2,1-3H3,(H,18,22). The number of fused-ring (bicyclic) bond motifs is 1. The van der Waals surface area contributed by atoms with Crippen molar-refractivity contribution in [3.63, 3.8) is 0 Å². The first-order valence-electron chi connectivity index (χ1n) is 7.82. The number of hydrogen-bond acceptors (Lipinski definition) is 4. The maximum absolute atomic E-state index is 12.3. The van der Waals surface area contributed by atoms with Crippen LogP contribution in [-0.2, 0) is 4.79 Å². The van der Waals surface area contributed by atoms with E-state index >= 15 is 0 Å². The number of rotatable bonds is 3. The number of carbonyl (C=O) groups excluding carboxylic acids is 1. The first-order chi connectivity index (χ1) is 10.6. The van der Waals surface area contributed by atoms with E-state index < -0.39 is 0 Å². The van der Waals surface area contributed by atoms with E-state index in [0.717, 1.165) is 29.7 Å². The zero-order chi connectivity index (χ0) is 15.7. The predicted molar refractivity (Wildman–Crippen MR) is 87.9 cm³/mol. The molecule has 3 rings (SSSR count). The number of amides is 1. The molecule has 0 radical (unpaired) electrons. The van der Waals surface area contributed by atoms with E-state index in [-0.39, 0.29) is 11.9 Å². The van der Waals surface area contributed by atoms with E-state index in [0.29, 0.717) is 12.5 Å². The van der Waals surface area contributed by atoms with Gasteiger partial charge >= 0.3 is 0 Å². The Balaban J connectivity index is 2.07. The largest absolute Gasteiger partial charge is 0.353 e. The highest BCUT2D eigenvalue weighted by atomic mass is 16.2. The van der Waals surface area contributed by atoms with Crippen molar-refractivity contribution >= 4 is 22.6 Å². The molecule has 1 aromatic heterocycles. The summed E-state index contributed by atoms with van der Waals surface area (Å²) in [6.45, 7) is 7.78. The van der Waals surface area contributed by atoms with Gasteiger partial charge in [0.25, 0.3) is 0 Å². The van der Waals surface area contributed by atoms with Gasteiger partial charge in [0.2, 0.25) is 5.91 Å². The van der Waals surface area contributed by atoms with Crippen molar-refractivity contribution in [2.75, 3.05) is 18.0 Å². The molecule has 1 aliphatic heterocycles. The molecule has 5 heteroatoms. The topological polar surface area (TPSA) is 58.1 Å². The first-order valence-corrected chi connectivity index (χ1v) is 7.82. The predicted octanol–water partition coefficient (Wildman–Crippen LogP) is 2.29. The summed E-state index contributed by atoms with van der Waals surface area (Å²) in [6.07, 6.45) is 2.41. The molecule has 1 amide bonds. The third-order valence-corrected chi connectivity index (χ3v) is 4.07. The van der Waals surface area contributed by atoms with Crippen LogP contribution in [-0.4, -0.2) is 35.0 Å². The van der Waals surface area contributed by atoms with Crippen molar-refractivity contribution in [1.29, 1.82) is 0 Å². The second-order valence-corrected chi connectivity index (χ2v) is 6.35. The molecule has 22 heavy (non-hydrogen) atoms. The normalized spacial score (nSPS) is 18.8. The summed E-state index contributed by atoms with van der Waals surface area (Å²) in [5.41, 5.74) is 2.09. The van der Waals surface area contributed by atoms with Gasteiger partial charge in [-0.1, -0.05) is 25.5 Å². The Labute approximate surface area is 130 Å². The van der Waals surface area contributed by atoms with E-state index in [4.69, 9.17) is 0 Å². The van der Waals surface area contributed by atoms with Gasteiger partial charge in [0, 0.05) is 18.5 Å². The number of aromatic nitrogens is 2. The first kappa shape index (κ1) is 14.8. The van der Waals surface area contributed by atoms with Crippen LogP contribution in [0.2, 0.25) is 0 Å². The fourth-order valence-corrected chi connectivity index (χ4v) is 3.03. The third-order valence-electron chi connectivity index (χ3n) is 4.07. The van der Waals surface area contributed by atoms with Crippen LogP contribution in [0.5, 0.6) is 0 Å². The highest BCUT2D eigenvalue weighted by molar-refractivity contribution is 5.93. The minimum Gasteiger partial charge on any atom is -0.353 e. The molecule has 1 aliphatic rings. The van der Waals surface area contributed by atoms with Crippen molar-refractivity contribution in [3.8, 4) is 0 Å². The number of benzene rings is 1. The molecule has 0 bridgehead atoms. The number of aryl methyl sites for hydroxylation is 1. The fourth-order valence-electron chi connectivity index (χ4n) is 3.03. The molecule has 5 nitrogen and oxygen atoms in total. The molecule has 1 saturated heterocycles. The van der Waals surface area contributed by atoms with Crippen LogP contribution < -0.4 is 10.2 Å². The van der Waals surface area contributed by atoms with E-state index in [9.17, 15) is 4.79 Å². The Kier molecular flexibility index (Phi) is 3.96. The number of hydrogen-bond donors (Lipinski definition) is 1. The maximum Gasteiger partial charge on any atom is 0.242 e. The minimum absolute atomic E-state index is 0.0966. The Morgan fingerprint density at radius 3 is 2.95 bits per heavy atom. The lowest BCUT2D eigenvalue weighted by atomic mass is 9.99. The number of nitrogens with one attached hydrogen (secondary N) is 1. The summed E-state index contributed by atoms with van der Waals surface area (Å²) in [5, 5.41) is 3.99. The lowest BCUT2D eigenvalue weighted by Crippen LogP contribution is -2.56. The molecule has 0 saturated carbocycles. The average molecular weight is 298 g/mol. The van der Waals surface area contributed by atoms with Crippen LogP contribution >= 0.6 is 0 Å². The molecule has 0 spiro atoms. The molecule has 1 atom stereocenters. The van der Waals surface area contributed by atoms with Gasteiger partial charge in [0.05, 0.1) is 5.52 Å². The Hall–Kier alpha value is -2.17. The zero-order valence-corrected chi connectivity index (χ0v) is 13.3. The van der Waals surface area contributed by atoms with Gasteiger partial charge in [-0.2, -0.15) is 0 Å². The van der Waals surface area contributed by atoms with E-state index in [1.165, 1.54) is 5.56 Å². The monoisotopic (exact) mass is 298 g/mol. The van der Waals surface area contributed by atoms with E-state index in [2.05, 4.69) is 47.0 Å². The molecule has 2 heterocycles. The van der Waals surface area contributed by atoms with Gasteiger partial charge in [0.15, 0.2) is 0 Å².